The van der Waals surface area contributed by atoms with Crippen LogP contribution in [-0.4, -0.2) is 113 Å². The predicted octanol–water partition coefficient (Wildman–Crippen LogP) is 2.38. The highest BCUT2D eigenvalue weighted by molar-refractivity contribution is 5.95. The van der Waals surface area contributed by atoms with Crippen molar-refractivity contribution in [2.75, 3.05) is 33.4 Å². The van der Waals surface area contributed by atoms with Gasteiger partial charge in [0, 0.05) is 57.1 Å². The minimum absolute atomic E-state index is 0.0120. The summed E-state index contributed by atoms with van der Waals surface area (Å²) in [4.78, 5) is 14.1. The Kier molecular flexibility index (Phi) is 10.6. The molecular formula is C39H61NO9. The van der Waals surface area contributed by atoms with E-state index in [0.29, 0.717) is 58.4 Å². The Hall–Kier alpha value is -1.39. The number of aliphatic hydroxyl groups is 5. The van der Waals surface area contributed by atoms with Gasteiger partial charge in [0.05, 0.1) is 35.6 Å². The summed E-state index contributed by atoms with van der Waals surface area (Å²) in [5.41, 5.74) is -3.51. The van der Waals surface area contributed by atoms with Gasteiger partial charge in [-0.25, -0.2) is 0 Å². The average Bonchev–Trinajstić information content (AvgIpc) is 3.53. The number of rotatable bonds is 9. The van der Waals surface area contributed by atoms with Crippen LogP contribution in [0, 0.1) is 58.2 Å². The zero-order valence-electron chi connectivity index (χ0n) is 30.4. The number of hydrogen-bond acceptors (Lipinski definition) is 10. The second-order valence-electron chi connectivity index (χ2n) is 17.1. The Morgan fingerprint density at radius 2 is 1.84 bits per heavy atom. The molecule has 10 nitrogen and oxygen atoms in total. The molecule has 2 bridgehead atoms. The largest absolute Gasteiger partial charge is 0.392 e. The number of aliphatic hydroxyl groups excluding tert-OH is 3. The number of methoxy groups -OCH3 is 1. The van der Waals surface area contributed by atoms with Crippen molar-refractivity contribution in [3.8, 4) is 11.8 Å². The molecule has 276 valence electrons. The molecule has 1 saturated heterocycles. The van der Waals surface area contributed by atoms with Gasteiger partial charge in [-0.2, -0.15) is 0 Å². The number of hydrogen-bond donors (Lipinski definition) is 6. The van der Waals surface area contributed by atoms with Gasteiger partial charge >= 0.3 is 0 Å². The van der Waals surface area contributed by atoms with Crippen molar-refractivity contribution < 1.29 is 44.5 Å². The second kappa shape index (κ2) is 13.9. The average molecular weight is 688 g/mol. The molecule has 2 heterocycles. The third-order valence-corrected chi connectivity index (χ3v) is 14.5. The molecule has 6 aliphatic rings. The van der Waals surface area contributed by atoms with Crippen LogP contribution >= 0.6 is 0 Å². The Bertz CT molecular complexity index is 1320. The minimum Gasteiger partial charge on any atom is -0.392 e. The molecule has 49 heavy (non-hydrogen) atoms. The molecule has 0 unspecified atom stereocenters. The summed E-state index contributed by atoms with van der Waals surface area (Å²) < 4.78 is 17.8. The number of allylic oxidation sites excluding steroid dienone is 1. The quantitative estimate of drug-likeness (QED) is 0.157. The summed E-state index contributed by atoms with van der Waals surface area (Å²) in [6.07, 6.45) is 2.41. The lowest BCUT2D eigenvalue weighted by Gasteiger charge is -2.63. The highest BCUT2D eigenvalue weighted by Crippen LogP contribution is 2.71. The van der Waals surface area contributed by atoms with E-state index in [4.69, 9.17) is 14.2 Å². The van der Waals surface area contributed by atoms with E-state index in [1.165, 1.54) is 0 Å². The van der Waals surface area contributed by atoms with Crippen LogP contribution in [0.1, 0.15) is 86.0 Å². The summed E-state index contributed by atoms with van der Waals surface area (Å²) in [6, 6.07) is 0. The third-order valence-electron chi connectivity index (χ3n) is 14.5. The van der Waals surface area contributed by atoms with Gasteiger partial charge in [0.15, 0.2) is 5.78 Å². The van der Waals surface area contributed by atoms with E-state index < -0.39 is 53.1 Å². The van der Waals surface area contributed by atoms with E-state index in [1.807, 2.05) is 13.8 Å². The maximum Gasteiger partial charge on any atom is 0.159 e. The molecule has 6 N–H and O–H groups in total. The van der Waals surface area contributed by atoms with Crippen LogP contribution in [0.25, 0.3) is 0 Å². The van der Waals surface area contributed by atoms with E-state index >= 15 is 0 Å². The van der Waals surface area contributed by atoms with Crippen molar-refractivity contribution >= 4 is 5.78 Å². The fourth-order valence-corrected chi connectivity index (χ4v) is 11.6. The van der Waals surface area contributed by atoms with Gasteiger partial charge in [-0.05, 0) is 99.5 Å². The first-order valence-corrected chi connectivity index (χ1v) is 18.8. The van der Waals surface area contributed by atoms with Crippen LogP contribution in [-0.2, 0) is 19.0 Å². The lowest BCUT2D eigenvalue weighted by molar-refractivity contribution is -0.212. The SMILES string of the molecule is COCCCO[C@H]1CC[C@@]2(C)[C@@H](C1)C(=O)C=C1[C@@H]2C[C@H]2CC#C[C@H](O)[C@H]3O[C@@H]([C@H](CNC[C@H](C)O)[C@H]3C)[C@@H](O)[C@@](C)(O)[C@H]3CC[C@]1(O)[C@]23C. The molecule has 16 atom stereocenters. The van der Waals surface area contributed by atoms with Crippen LogP contribution in [0.2, 0.25) is 0 Å². The number of nitrogens with one attached hydrogen (secondary N) is 1. The Labute approximate surface area is 292 Å². The maximum absolute atomic E-state index is 14.1. The lowest BCUT2D eigenvalue weighted by Crippen LogP contribution is -2.66. The van der Waals surface area contributed by atoms with Crippen molar-refractivity contribution in [2.24, 2.45) is 46.3 Å². The molecule has 0 amide bonds. The molecule has 6 rings (SSSR count). The molecule has 3 saturated carbocycles. The molecule has 2 aliphatic heterocycles. The van der Waals surface area contributed by atoms with Crippen LogP contribution in [0.15, 0.2) is 11.6 Å². The second-order valence-corrected chi connectivity index (χ2v) is 17.1. The van der Waals surface area contributed by atoms with Crippen LogP contribution < -0.4 is 5.32 Å². The van der Waals surface area contributed by atoms with Gasteiger partial charge in [0.2, 0.25) is 0 Å². The zero-order chi connectivity index (χ0) is 35.5. The van der Waals surface area contributed by atoms with Crippen LogP contribution in [0.3, 0.4) is 0 Å². The van der Waals surface area contributed by atoms with Crippen molar-refractivity contribution in [1.29, 1.82) is 0 Å². The van der Waals surface area contributed by atoms with Crippen molar-refractivity contribution in [2.45, 2.75) is 134 Å². The van der Waals surface area contributed by atoms with E-state index in [1.54, 1.807) is 27.0 Å². The molecular weight excluding hydrogens is 626 g/mol. The van der Waals surface area contributed by atoms with Gasteiger partial charge in [0.1, 0.15) is 12.2 Å². The third kappa shape index (κ3) is 6.07. The summed E-state index contributed by atoms with van der Waals surface area (Å²) in [5, 5.41) is 62.2. The van der Waals surface area contributed by atoms with E-state index in [-0.39, 0.29) is 46.9 Å². The highest BCUT2D eigenvalue weighted by atomic mass is 16.5. The molecule has 4 fully saturated rings. The van der Waals surface area contributed by atoms with Gasteiger partial charge in [-0.1, -0.05) is 26.7 Å². The van der Waals surface area contributed by atoms with Crippen LogP contribution in [0.4, 0.5) is 0 Å². The number of ether oxygens (including phenoxy) is 3. The number of carbonyl (C=O) groups is 1. The smallest absolute Gasteiger partial charge is 0.159 e. The Morgan fingerprint density at radius 1 is 1.08 bits per heavy atom. The van der Waals surface area contributed by atoms with Crippen molar-refractivity contribution in [1.82, 2.24) is 5.32 Å². The number of ketones is 1. The standard InChI is InChI=1S/C39H61NO9/c1-22(41)20-40-21-26-23(2)33-30(42)10-7-9-24-17-27-28(19-31(43)29-18-25(11-13-36(27,29)3)48-16-8-15-47-6)39(46)14-12-32(37(24,39)4)38(5,45)35(44)34(26)49-33/h19,22-27,29-30,32-35,40-42,44-46H,8-9,11-18,20-21H2,1-6H3/t22-,23+,24+,25-,26+,27-,29-,30-,32-,33-,34-,35+,36+,37+,38-,39+/m0/s1. The predicted molar refractivity (Wildman–Crippen MR) is 183 cm³/mol. The van der Waals surface area contributed by atoms with Crippen molar-refractivity contribution in [3.63, 3.8) is 0 Å². The van der Waals surface area contributed by atoms with Gasteiger partial charge < -0.3 is 45.1 Å². The fourth-order valence-electron chi connectivity index (χ4n) is 11.6. The fraction of sp³-hybridized carbons (Fsp3) is 0.872. The van der Waals surface area contributed by atoms with Gasteiger partial charge in [-0.3, -0.25) is 4.79 Å². The zero-order valence-corrected chi connectivity index (χ0v) is 30.4. The summed E-state index contributed by atoms with van der Waals surface area (Å²) in [6.45, 7) is 11.6. The number of carbonyl (C=O) groups excluding carboxylic acids is 1. The van der Waals surface area contributed by atoms with E-state index in [9.17, 15) is 30.3 Å². The summed E-state index contributed by atoms with van der Waals surface area (Å²) >= 11 is 0. The molecule has 0 aromatic carbocycles. The maximum atomic E-state index is 14.1. The van der Waals surface area contributed by atoms with Crippen LogP contribution in [0.5, 0.6) is 0 Å². The Morgan fingerprint density at radius 3 is 2.55 bits per heavy atom. The molecule has 10 heteroatoms. The first-order valence-electron chi connectivity index (χ1n) is 18.8. The molecule has 4 aliphatic carbocycles. The van der Waals surface area contributed by atoms with E-state index in [2.05, 4.69) is 24.1 Å². The lowest BCUT2D eigenvalue weighted by atomic mass is 9.43. The highest BCUT2D eigenvalue weighted by Gasteiger charge is 2.72. The summed E-state index contributed by atoms with van der Waals surface area (Å²) in [5.74, 6) is 5.08. The molecule has 0 radical (unpaired) electrons. The normalized spacial score (nSPS) is 49.7. The number of fused-ring (bicyclic) bond motifs is 6. The van der Waals surface area contributed by atoms with Gasteiger partial charge in [-0.15, -0.1) is 5.92 Å². The minimum atomic E-state index is -1.66. The molecule has 0 aromatic rings. The summed E-state index contributed by atoms with van der Waals surface area (Å²) in [7, 11) is 1.68. The Balaban J connectivity index is 1.35. The molecule has 0 aromatic heterocycles. The first kappa shape index (κ1) is 37.4. The monoisotopic (exact) mass is 687 g/mol. The first-order chi connectivity index (χ1) is 23.1. The van der Waals surface area contributed by atoms with Gasteiger partial charge in [0.25, 0.3) is 0 Å². The molecule has 0 spiro atoms. The van der Waals surface area contributed by atoms with E-state index in [0.717, 1.165) is 24.8 Å². The topological polar surface area (TPSA) is 158 Å². The van der Waals surface area contributed by atoms with Crippen molar-refractivity contribution in [3.05, 3.63) is 11.6 Å².